The molecule has 1 aliphatic rings. The Bertz CT molecular complexity index is 315. The molecule has 82 valence electrons. The lowest BCUT2D eigenvalue weighted by Gasteiger charge is -2.15. The zero-order valence-electron chi connectivity index (χ0n) is 8.37. The van der Waals surface area contributed by atoms with Gasteiger partial charge in [-0.3, -0.25) is 0 Å². The number of alkyl halides is 2. The van der Waals surface area contributed by atoms with Crippen molar-refractivity contribution < 1.29 is 13.9 Å². The summed E-state index contributed by atoms with van der Waals surface area (Å²) in [6.07, 6.45) is -0.453. The molecule has 1 aromatic carbocycles. The van der Waals surface area contributed by atoms with Crippen LogP contribution in [0, 0.1) is 5.92 Å². The van der Waals surface area contributed by atoms with Crippen molar-refractivity contribution >= 4 is 0 Å². The molecule has 0 saturated heterocycles. The predicted octanol–water partition coefficient (Wildman–Crippen LogP) is 2.94. The van der Waals surface area contributed by atoms with Crippen LogP contribution in [0.3, 0.4) is 0 Å². The number of halogens is 2. The molecule has 1 nitrogen and oxygen atoms in total. The Hall–Kier alpha value is -0.960. The Kier molecular flexibility index (Phi) is 3.00. The van der Waals surface area contributed by atoms with Crippen LogP contribution >= 0.6 is 0 Å². The molecule has 15 heavy (non-hydrogen) atoms. The molecule has 0 amide bonds. The van der Waals surface area contributed by atoms with E-state index in [-0.39, 0.29) is 12.5 Å². The van der Waals surface area contributed by atoms with Gasteiger partial charge in [-0.2, -0.15) is 0 Å². The van der Waals surface area contributed by atoms with Crippen molar-refractivity contribution in [3.05, 3.63) is 35.4 Å². The van der Waals surface area contributed by atoms with Crippen molar-refractivity contribution in [2.75, 3.05) is 0 Å². The summed E-state index contributed by atoms with van der Waals surface area (Å²) in [5.41, 5.74) is 1.47. The van der Waals surface area contributed by atoms with Crippen molar-refractivity contribution in [1.29, 1.82) is 0 Å². The number of aliphatic hydroxyl groups is 1. The van der Waals surface area contributed by atoms with E-state index in [0.717, 1.165) is 18.4 Å². The number of aliphatic hydroxyl groups excluding tert-OH is 1. The summed E-state index contributed by atoms with van der Waals surface area (Å²) >= 11 is 0. The minimum Gasteiger partial charge on any atom is -0.392 e. The SMILES string of the molecule is OCc1ccc(C(C(F)F)C2CC2)cc1. The van der Waals surface area contributed by atoms with Gasteiger partial charge < -0.3 is 5.11 Å². The Morgan fingerprint density at radius 2 is 1.80 bits per heavy atom. The summed E-state index contributed by atoms with van der Waals surface area (Å²) in [5.74, 6) is -0.456. The van der Waals surface area contributed by atoms with Gasteiger partial charge >= 0.3 is 0 Å². The topological polar surface area (TPSA) is 20.2 Å². The van der Waals surface area contributed by atoms with E-state index in [1.165, 1.54) is 0 Å². The van der Waals surface area contributed by atoms with Crippen LogP contribution in [0.25, 0.3) is 0 Å². The van der Waals surface area contributed by atoms with Crippen LogP contribution in [-0.4, -0.2) is 11.5 Å². The predicted molar refractivity (Wildman–Crippen MR) is 53.8 cm³/mol. The van der Waals surface area contributed by atoms with E-state index in [4.69, 9.17) is 5.11 Å². The molecule has 3 heteroatoms. The molecule has 0 bridgehead atoms. The van der Waals surface area contributed by atoms with Crippen LogP contribution in [0.4, 0.5) is 8.78 Å². The van der Waals surface area contributed by atoms with E-state index >= 15 is 0 Å². The Morgan fingerprint density at radius 3 is 2.20 bits per heavy atom. The first-order chi connectivity index (χ1) is 7.22. The maximum absolute atomic E-state index is 12.8. The first-order valence-electron chi connectivity index (χ1n) is 5.20. The molecule has 0 heterocycles. The summed E-state index contributed by atoms with van der Waals surface area (Å²) in [6, 6.07) is 6.85. The molecule has 0 aliphatic heterocycles. The van der Waals surface area contributed by atoms with Crippen LogP contribution < -0.4 is 0 Å². The standard InChI is InChI=1S/C12H14F2O/c13-12(14)11(10-5-6-10)9-3-1-8(7-15)2-4-9/h1-4,10-12,15H,5-7H2. The first-order valence-corrected chi connectivity index (χ1v) is 5.20. The van der Waals surface area contributed by atoms with Crippen LogP contribution in [0.5, 0.6) is 0 Å². The molecule has 0 radical (unpaired) electrons. The van der Waals surface area contributed by atoms with E-state index in [9.17, 15) is 8.78 Å². The van der Waals surface area contributed by atoms with Crippen molar-refractivity contribution in [3.8, 4) is 0 Å². The highest BCUT2D eigenvalue weighted by atomic mass is 19.3. The lowest BCUT2D eigenvalue weighted by Crippen LogP contribution is -2.11. The third-order valence-corrected chi connectivity index (χ3v) is 2.95. The van der Waals surface area contributed by atoms with Gasteiger partial charge in [-0.15, -0.1) is 0 Å². The largest absolute Gasteiger partial charge is 0.392 e. The molecule has 0 aromatic heterocycles. The number of hydrogen-bond acceptors (Lipinski definition) is 1. The number of benzene rings is 1. The fourth-order valence-electron chi connectivity index (χ4n) is 1.92. The lowest BCUT2D eigenvalue weighted by atomic mass is 9.94. The summed E-state index contributed by atoms with van der Waals surface area (Å²) in [7, 11) is 0. The molecule has 1 saturated carbocycles. The molecular formula is C12H14F2O. The average Bonchev–Trinajstić information content (AvgIpc) is 3.03. The highest BCUT2D eigenvalue weighted by molar-refractivity contribution is 5.27. The van der Waals surface area contributed by atoms with Crippen molar-refractivity contribution in [1.82, 2.24) is 0 Å². The molecule has 1 fully saturated rings. The monoisotopic (exact) mass is 212 g/mol. The normalized spacial score (nSPS) is 18.1. The Morgan fingerprint density at radius 1 is 1.20 bits per heavy atom. The number of rotatable bonds is 4. The Labute approximate surface area is 87.7 Å². The lowest BCUT2D eigenvalue weighted by molar-refractivity contribution is 0.104. The molecule has 0 spiro atoms. The smallest absolute Gasteiger partial charge is 0.245 e. The fourth-order valence-corrected chi connectivity index (χ4v) is 1.92. The third-order valence-electron chi connectivity index (χ3n) is 2.95. The van der Waals surface area contributed by atoms with E-state index in [1.54, 1.807) is 24.3 Å². The number of hydrogen-bond donors (Lipinski definition) is 1. The van der Waals surface area contributed by atoms with E-state index < -0.39 is 12.3 Å². The van der Waals surface area contributed by atoms with Gasteiger partial charge in [-0.05, 0) is 29.9 Å². The molecule has 1 unspecified atom stereocenters. The highest BCUT2D eigenvalue weighted by Crippen LogP contribution is 2.45. The molecule has 2 rings (SSSR count). The molecule has 1 aliphatic carbocycles. The highest BCUT2D eigenvalue weighted by Gasteiger charge is 2.38. The van der Waals surface area contributed by atoms with Gasteiger partial charge in [0.15, 0.2) is 0 Å². The second-order valence-electron chi connectivity index (χ2n) is 4.10. The average molecular weight is 212 g/mol. The van der Waals surface area contributed by atoms with Gasteiger partial charge in [0.05, 0.1) is 6.61 Å². The van der Waals surface area contributed by atoms with E-state index in [0.29, 0.717) is 5.56 Å². The summed E-state index contributed by atoms with van der Waals surface area (Å²) < 4.78 is 25.6. The van der Waals surface area contributed by atoms with Crippen LogP contribution in [0.1, 0.15) is 29.9 Å². The van der Waals surface area contributed by atoms with Crippen molar-refractivity contribution in [2.24, 2.45) is 5.92 Å². The summed E-state index contributed by atoms with van der Waals surface area (Å²) in [6.45, 7) is -0.0386. The minimum atomic E-state index is -2.28. The Balaban J connectivity index is 2.18. The molecule has 1 atom stereocenters. The molecular weight excluding hydrogens is 198 g/mol. The van der Waals surface area contributed by atoms with Gasteiger partial charge in [0.25, 0.3) is 0 Å². The van der Waals surface area contributed by atoms with E-state index in [2.05, 4.69) is 0 Å². The first kappa shape index (κ1) is 10.6. The second-order valence-corrected chi connectivity index (χ2v) is 4.10. The summed E-state index contributed by atoms with van der Waals surface area (Å²) in [4.78, 5) is 0. The zero-order chi connectivity index (χ0) is 10.8. The van der Waals surface area contributed by atoms with Crippen molar-refractivity contribution in [3.63, 3.8) is 0 Å². The molecule has 1 aromatic rings. The van der Waals surface area contributed by atoms with Gasteiger partial charge in [0.2, 0.25) is 6.43 Å². The maximum atomic E-state index is 12.8. The van der Waals surface area contributed by atoms with Gasteiger partial charge in [-0.1, -0.05) is 24.3 Å². The summed E-state index contributed by atoms with van der Waals surface area (Å²) in [5, 5.41) is 8.85. The van der Waals surface area contributed by atoms with Gasteiger partial charge in [-0.25, -0.2) is 8.78 Å². The van der Waals surface area contributed by atoms with Crippen LogP contribution in [-0.2, 0) is 6.61 Å². The fraction of sp³-hybridized carbons (Fsp3) is 0.500. The maximum Gasteiger partial charge on any atom is 0.245 e. The van der Waals surface area contributed by atoms with Crippen LogP contribution in [0.15, 0.2) is 24.3 Å². The second kappa shape index (κ2) is 4.27. The zero-order valence-corrected chi connectivity index (χ0v) is 8.37. The van der Waals surface area contributed by atoms with Crippen molar-refractivity contribution in [2.45, 2.75) is 31.8 Å². The van der Waals surface area contributed by atoms with Gasteiger partial charge in [0.1, 0.15) is 0 Å². The van der Waals surface area contributed by atoms with E-state index in [1.807, 2.05) is 0 Å². The third kappa shape index (κ3) is 2.34. The van der Waals surface area contributed by atoms with Gasteiger partial charge in [0, 0.05) is 5.92 Å². The minimum absolute atomic E-state index is 0.0386. The molecule has 1 N–H and O–H groups in total. The quantitative estimate of drug-likeness (QED) is 0.813. The van der Waals surface area contributed by atoms with Crippen LogP contribution in [0.2, 0.25) is 0 Å².